The Morgan fingerprint density at radius 2 is 1.84 bits per heavy atom. The molecule has 0 radical (unpaired) electrons. The molecule has 0 unspecified atom stereocenters. The third kappa shape index (κ3) is 1.59. The molecule has 25 heavy (non-hydrogen) atoms. The Morgan fingerprint density at radius 3 is 2.76 bits per heavy atom. The second kappa shape index (κ2) is 4.54. The van der Waals surface area contributed by atoms with E-state index in [2.05, 4.69) is 55.0 Å². The highest BCUT2D eigenvalue weighted by Gasteiger charge is 2.36. The minimum Gasteiger partial charge on any atom is -0.264 e. The van der Waals surface area contributed by atoms with Crippen LogP contribution in [0.2, 0.25) is 0 Å². The molecule has 4 aromatic heterocycles. The minimum absolute atomic E-state index is 0.827. The number of aromatic nitrogens is 5. The topological polar surface area (TPSA) is 39.0 Å². The lowest BCUT2D eigenvalue weighted by Crippen LogP contribution is -2.31. The number of rotatable bonds is 1. The van der Waals surface area contributed by atoms with Gasteiger partial charge in [-0.3, -0.25) is 9.38 Å². The van der Waals surface area contributed by atoms with Crippen LogP contribution in [-0.2, 0) is 6.54 Å². The molecule has 0 saturated carbocycles. The van der Waals surface area contributed by atoms with Gasteiger partial charge in [-0.1, -0.05) is 29.2 Å². The van der Waals surface area contributed by atoms with Crippen molar-refractivity contribution in [3.8, 4) is 17.1 Å². The Morgan fingerprint density at radius 1 is 0.960 bits per heavy atom. The number of para-hydroxylation sites is 1. The lowest BCUT2D eigenvalue weighted by atomic mass is 10.2. The predicted molar refractivity (Wildman–Crippen MR) is 94.6 cm³/mol. The third-order valence-corrected chi connectivity index (χ3v) is 4.92. The van der Waals surface area contributed by atoms with E-state index in [1.165, 1.54) is 11.1 Å². The summed E-state index contributed by atoms with van der Waals surface area (Å²) in [6, 6.07) is 18.7. The van der Waals surface area contributed by atoms with Gasteiger partial charge in [-0.25, -0.2) is 9.13 Å². The van der Waals surface area contributed by atoms with Gasteiger partial charge in [-0.15, -0.1) is 0 Å². The fourth-order valence-electron chi connectivity index (χ4n) is 3.85. The van der Waals surface area contributed by atoms with Gasteiger partial charge >= 0.3 is 5.65 Å². The Hall–Kier alpha value is -3.47. The Kier molecular flexibility index (Phi) is 2.34. The van der Waals surface area contributed by atoms with E-state index in [4.69, 9.17) is 4.98 Å². The maximum atomic E-state index is 4.90. The molecule has 5 aromatic rings. The molecule has 1 aliphatic heterocycles. The summed E-state index contributed by atoms with van der Waals surface area (Å²) >= 11 is 0. The van der Waals surface area contributed by atoms with Crippen LogP contribution in [0, 0.1) is 0 Å². The van der Waals surface area contributed by atoms with Crippen molar-refractivity contribution in [2.75, 3.05) is 0 Å². The van der Waals surface area contributed by atoms with E-state index < -0.39 is 0 Å². The number of benzene rings is 1. The van der Waals surface area contributed by atoms with Gasteiger partial charge in [0.15, 0.2) is 0 Å². The lowest BCUT2D eigenvalue weighted by molar-refractivity contribution is -0.647. The molecule has 0 fully saturated rings. The maximum absolute atomic E-state index is 4.90. The van der Waals surface area contributed by atoms with Crippen LogP contribution in [0.1, 0.15) is 5.56 Å². The zero-order valence-electron chi connectivity index (χ0n) is 13.4. The molecule has 118 valence electrons. The second-order valence-corrected chi connectivity index (χ2v) is 6.30. The van der Waals surface area contributed by atoms with E-state index in [-0.39, 0.29) is 0 Å². The van der Waals surface area contributed by atoms with Gasteiger partial charge < -0.3 is 0 Å². The summed E-state index contributed by atoms with van der Waals surface area (Å²) in [7, 11) is 0. The predicted octanol–water partition coefficient (Wildman–Crippen LogP) is 2.99. The molecule has 6 rings (SSSR count). The van der Waals surface area contributed by atoms with Gasteiger partial charge in [0.1, 0.15) is 5.69 Å². The van der Waals surface area contributed by atoms with E-state index in [1.807, 2.05) is 36.7 Å². The highest BCUT2D eigenvalue weighted by molar-refractivity contribution is 5.79. The van der Waals surface area contributed by atoms with E-state index >= 15 is 0 Å². The largest absolute Gasteiger partial charge is 0.324 e. The van der Waals surface area contributed by atoms with Gasteiger partial charge in [0, 0.05) is 24.2 Å². The molecule has 0 bridgehead atoms. The fourth-order valence-corrected chi connectivity index (χ4v) is 3.85. The normalized spacial score (nSPS) is 12.6. The van der Waals surface area contributed by atoms with Crippen molar-refractivity contribution in [2.45, 2.75) is 6.54 Å². The van der Waals surface area contributed by atoms with Crippen LogP contribution < -0.4 is 4.57 Å². The van der Waals surface area contributed by atoms with Gasteiger partial charge in [-0.05, 0) is 30.3 Å². The lowest BCUT2D eigenvalue weighted by Gasteiger charge is -2.04. The quantitative estimate of drug-likeness (QED) is 0.436. The second-order valence-electron chi connectivity index (χ2n) is 6.30. The van der Waals surface area contributed by atoms with Gasteiger partial charge in [0.2, 0.25) is 11.5 Å². The van der Waals surface area contributed by atoms with Crippen molar-refractivity contribution in [3.63, 3.8) is 0 Å². The SMILES string of the molecule is c1ccc(-n2c3[n+](c4nc5ccccn5c42)Cc2ccncc2-3)cc1. The smallest absolute Gasteiger partial charge is 0.264 e. The van der Waals surface area contributed by atoms with E-state index in [0.717, 1.165) is 35.0 Å². The molecule has 0 spiro atoms. The highest BCUT2D eigenvalue weighted by Crippen LogP contribution is 2.33. The van der Waals surface area contributed by atoms with Crippen molar-refractivity contribution in [3.05, 3.63) is 78.8 Å². The van der Waals surface area contributed by atoms with Crippen LogP contribution in [-0.4, -0.2) is 18.9 Å². The molecule has 5 heterocycles. The summed E-state index contributed by atoms with van der Waals surface area (Å²) in [4.78, 5) is 9.25. The first-order chi connectivity index (χ1) is 12.4. The molecule has 5 nitrogen and oxygen atoms in total. The molecule has 1 aliphatic rings. The summed E-state index contributed by atoms with van der Waals surface area (Å²) in [5, 5.41) is 0. The Bertz CT molecular complexity index is 1260. The van der Waals surface area contributed by atoms with Gasteiger partial charge in [0.05, 0.1) is 12.1 Å². The van der Waals surface area contributed by atoms with E-state index in [0.29, 0.717) is 0 Å². The summed E-state index contributed by atoms with van der Waals surface area (Å²) in [6.45, 7) is 0.827. The first-order valence-corrected chi connectivity index (χ1v) is 8.32. The monoisotopic (exact) mass is 324 g/mol. The van der Waals surface area contributed by atoms with Crippen molar-refractivity contribution in [1.29, 1.82) is 0 Å². The van der Waals surface area contributed by atoms with Crippen LogP contribution >= 0.6 is 0 Å². The molecular weight excluding hydrogens is 310 g/mol. The van der Waals surface area contributed by atoms with Crippen molar-refractivity contribution in [1.82, 2.24) is 18.9 Å². The molecule has 0 aliphatic carbocycles. The number of fused-ring (bicyclic) bond motifs is 7. The van der Waals surface area contributed by atoms with Crippen LogP contribution in [0.3, 0.4) is 0 Å². The average Bonchev–Trinajstić information content (AvgIpc) is 3.30. The zero-order chi connectivity index (χ0) is 16.4. The Balaban J connectivity index is 1.84. The number of hydrogen-bond acceptors (Lipinski definition) is 2. The van der Waals surface area contributed by atoms with Crippen LogP contribution in [0.15, 0.2) is 73.2 Å². The molecule has 1 aromatic carbocycles. The van der Waals surface area contributed by atoms with Crippen LogP contribution in [0.25, 0.3) is 34.0 Å². The van der Waals surface area contributed by atoms with Gasteiger partial charge in [-0.2, -0.15) is 0 Å². The molecular formula is C20H14N5+. The summed E-state index contributed by atoms with van der Waals surface area (Å²) in [6.07, 6.45) is 5.89. The molecule has 0 saturated heterocycles. The third-order valence-electron chi connectivity index (χ3n) is 4.92. The summed E-state index contributed by atoms with van der Waals surface area (Å²) in [5.41, 5.74) is 6.64. The van der Waals surface area contributed by atoms with Crippen molar-refractivity contribution < 1.29 is 4.57 Å². The van der Waals surface area contributed by atoms with Gasteiger partial charge in [0.25, 0.3) is 5.65 Å². The first-order valence-electron chi connectivity index (χ1n) is 8.32. The standard InChI is InChI=1S/C20H14N5/c1-2-6-15(7-3-1)25-19-16-12-21-10-9-14(16)13-24(19)18-20(25)23-11-5-4-8-17(23)22-18/h1-12H,13H2/q+1. The average molecular weight is 324 g/mol. The van der Waals surface area contributed by atoms with Crippen LogP contribution in [0.4, 0.5) is 0 Å². The van der Waals surface area contributed by atoms with E-state index in [9.17, 15) is 0 Å². The minimum atomic E-state index is 0.827. The summed E-state index contributed by atoms with van der Waals surface area (Å²) in [5.74, 6) is 1.14. The number of nitrogens with zero attached hydrogens (tertiary/aromatic N) is 5. The maximum Gasteiger partial charge on any atom is 0.324 e. The molecule has 5 heteroatoms. The number of pyridine rings is 2. The fraction of sp³-hybridized carbons (Fsp3) is 0.0500. The zero-order valence-corrected chi connectivity index (χ0v) is 13.4. The molecule has 0 atom stereocenters. The van der Waals surface area contributed by atoms with E-state index in [1.54, 1.807) is 0 Å². The van der Waals surface area contributed by atoms with Crippen molar-refractivity contribution in [2.24, 2.45) is 0 Å². The number of imidazole rings is 2. The highest BCUT2D eigenvalue weighted by atomic mass is 15.3. The number of hydrogen-bond donors (Lipinski definition) is 0. The molecule has 0 N–H and O–H groups in total. The summed E-state index contributed by atoms with van der Waals surface area (Å²) < 4.78 is 6.74. The van der Waals surface area contributed by atoms with Crippen LogP contribution in [0.5, 0.6) is 0 Å². The Labute approximate surface area is 143 Å². The van der Waals surface area contributed by atoms with Crippen molar-refractivity contribution >= 4 is 16.9 Å². The molecule has 0 amide bonds. The first kappa shape index (κ1) is 12.9.